The molecule has 0 unspecified atom stereocenters. The smallest absolute Gasteiger partial charge is 0.129 e. The summed E-state index contributed by atoms with van der Waals surface area (Å²) in [5.74, 6) is 0. The van der Waals surface area contributed by atoms with Crippen molar-refractivity contribution in [3.05, 3.63) is 78.0 Å². The van der Waals surface area contributed by atoms with Gasteiger partial charge in [0.05, 0.1) is 13.2 Å². The summed E-state index contributed by atoms with van der Waals surface area (Å²) in [6, 6.07) is 18.2. The molecule has 0 aromatic carbocycles. The third-order valence-electron chi connectivity index (χ3n) is 4.28. The Morgan fingerprint density at radius 1 is 0.962 bits per heavy atom. The average molecular weight is 341 g/mol. The second kappa shape index (κ2) is 8.67. The van der Waals surface area contributed by atoms with Crippen molar-refractivity contribution in [3.63, 3.8) is 0 Å². The first-order valence-electron chi connectivity index (χ1n) is 8.52. The highest BCUT2D eigenvalue weighted by atomic mass is 16.5. The van der Waals surface area contributed by atoms with Gasteiger partial charge in [-0.15, -0.1) is 0 Å². The molecule has 4 nitrogen and oxygen atoms in total. The Morgan fingerprint density at radius 3 is 2.50 bits per heavy atom. The van der Waals surface area contributed by atoms with E-state index in [4.69, 9.17) is 15.3 Å². The molecule has 0 saturated carbocycles. The number of hydrogen-bond acceptors (Lipinski definition) is 4. The fourth-order valence-electron chi connectivity index (χ4n) is 2.89. The number of ether oxygens (including phenoxy) is 1. The molecule has 0 radical (unpaired) electrons. The van der Waals surface area contributed by atoms with Crippen LogP contribution in [0.5, 0.6) is 0 Å². The predicted octanol–water partition coefficient (Wildman–Crippen LogP) is 3.99. The molecule has 0 N–H and O–H groups in total. The maximum atomic E-state index is 9.00. The van der Waals surface area contributed by atoms with Crippen LogP contribution < -0.4 is 0 Å². The molecule has 1 fully saturated rings. The molecule has 0 amide bonds. The van der Waals surface area contributed by atoms with Crippen molar-refractivity contribution in [1.29, 1.82) is 10.5 Å². The Balaban J connectivity index is 1.99. The second-order valence-corrected chi connectivity index (χ2v) is 5.92. The lowest BCUT2D eigenvalue weighted by atomic mass is 10.0. The Labute approximate surface area is 153 Å². The quantitative estimate of drug-likeness (QED) is 0.623. The van der Waals surface area contributed by atoms with Gasteiger partial charge in [-0.3, -0.25) is 0 Å². The summed E-state index contributed by atoms with van der Waals surface area (Å²) < 4.78 is 5.38. The summed E-state index contributed by atoms with van der Waals surface area (Å²) in [5, 5.41) is 18.0. The lowest BCUT2D eigenvalue weighted by Crippen LogP contribution is -2.31. The van der Waals surface area contributed by atoms with Crippen LogP contribution in [0.15, 0.2) is 72.5 Å². The summed E-state index contributed by atoms with van der Waals surface area (Å²) in [7, 11) is 0. The molecule has 1 aliphatic heterocycles. The zero-order valence-corrected chi connectivity index (χ0v) is 14.4. The maximum absolute atomic E-state index is 9.00. The minimum absolute atomic E-state index is 0.0867. The normalized spacial score (nSPS) is 14.8. The van der Waals surface area contributed by atoms with Gasteiger partial charge < -0.3 is 9.64 Å². The van der Waals surface area contributed by atoms with Crippen LogP contribution in [0.25, 0.3) is 16.7 Å². The van der Waals surface area contributed by atoms with Crippen molar-refractivity contribution in [3.8, 4) is 23.3 Å². The molecule has 0 aromatic rings. The molecule has 1 heterocycles. The summed E-state index contributed by atoms with van der Waals surface area (Å²) >= 11 is 0. The van der Waals surface area contributed by atoms with Gasteiger partial charge in [0.1, 0.15) is 17.7 Å². The average Bonchev–Trinajstić information content (AvgIpc) is 2.93. The monoisotopic (exact) mass is 341 g/mol. The molecular weight excluding hydrogens is 322 g/mol. The van der Waals surface area contributed by atoms with E-state index in [2.05, 4.69) is 35.4 Å². The highest BCUT2D eigenvalue weighted by molar-refractivity contribution is 5.88. The van der Waals surface area contributed by atoms with Gasteiger partial charge in [0.2, 0.25) is 0 Å². The summed E-state index contributed by atoms with van der Waals surface area (Å²) in [6.07, 6.45) is 7.50. The van der Waals surface area contributed by atoms with E-state index in [1.165, 1.54) is 0 Å². The molecule has 3 rings (SSSR count). The van der Waals surface area contributed by atoms with Crippen molar-refractivity contribution in [2.24, 2.45) is 0 Å². The first kappa shape index (κ1) is 17.5. The van der Waals surface area contributed by atoms with Gasteiger partial charge in [0.15, 0.2) is 0 Å². The second-order valence-electron chi connectivity index (χ2n) is 5.92. The molecular formula is C22H19N3O. The van der Waals surface area contributed by atoms with Crippen molar-refractivity contribution < 1.29 is 4.74 Å². The first-order valence-corrected chi connectivity index (χ1v) is 8.52. The number of rotatable bonds is 4. The van der Waals surface area contributed by atoms with E-state index in [0.29, 0.717) is 0 Å². The van der Waals surface area contributed by atoms with Crippen LogP contribution in [0.2, 0.25) is 0 Å². The van der Waals surface area contributed by atoms with E-state index in [1.807, 2.05) is 42.5 Å². The predicted molar refractivity (Wildman–Crippen MR) is 102 cm³/mol. The van der Waals surface area contributed by atoms with Crippen molar-refractivity contribution in [2.45, 2.75) is 0 Å². The van der Waals surface area contributed by atoms with Gasteiger partial charge in [-0.2, -0.15) is 10.5 Å². The molecule has 4 heteroatoms. The molecule has 128 valence electrons. The van der Waals surface area contributed by atoms with E-state index < -0.39 is 0 Å². The fourth-order valence-corrected chi connectivity index (χ4v) is 2.89. The summed E-state index contributed by atoms with van der Waals surface area (Å²) in [4.78, 5) is 2.21. The molecule has 26 heavy (non-hydrogen) atoms. The number of fused-ring (bicyclic) bond motifs is 1. The van der Waals surface area contributed by atoms with E-state index in [0.717, 1.165) is 48.6 Å². The van der Waals surface area contributed by atoms with Gasteiger partial charge >= 0.3 is 0 Å². The molecule has 0 bridgehead atoms. The Hall–Kier alpha value is -3.34. The van der Waals surface area contributed by atoms with Crippen LogP contribution in [0.4, 0.5) is 0 Å². The van der Waals surface area contributed by atoms with Crippen molar-refractivity contribution in [1.82, 2.24) is 4.90 Å². The topological polar surface area (TPSA) is 60.0 Å². The van der Waals surface area contributed by atoms with Gasteiger partial charge in [-0.05, 0) is 40.6 Å². The van der Waals surface area contributed by atoms with Crippen LogP contribution >= 0.6 is 0 Å². The number of allylic oxidation sites excluding steroid dienone is 5. The first-order chi connectivity index (χ1) is 12.8. The van der Waals surface area contributed by atoms with Gasteiger partial charge in [-0.25, -0.2) is 0 Å². The van der Waals surface area contributed by atoms with E-state index in [9.17, 15) is 0 Å². The zero-order chi connectivity index (χ0) is 18.2. The van der Waals surface area contributed by atoms with Crippen LogP contribution in [-0.4, -0.2) is 31.2 Å². The fraction of sp³-hybridized carbons (Fsp3) is 0.182. The van der Waals surface area contributed by atoms with E-state index in [1.54, 1.807) is 6.08 Å². The van der Waals surface area contributed by atoms with E-state index in [-0.39, 0.29) is 5.57 Å². The Morgan fingerprint density at radius 2 is 1.73 bits per heavy atom. The highest BCUT2D eigenvalue weighted by Crippen LogP contribution is 2.32. The van der Waals surface area contributed by atoms with Crippen LogP contribution in [-0.2, 0) is 4.74 Å². The van der Waals surface area contributed by atoms with Gasteiger partial charge in [0, 0.05) is 13.1 Å². The van der Waals surface area contributed by atoms with Crippen LogP contribution in [0.3, 0.4) is 0 Å². The number of nitrogens with zero attached hydrogens (tertiary/aromatic N) is 3. The number of nitriles is 2. The summed E-state index contributed by atoms with van der Waals surface area (Å²) in [6.45, 7) is 3.17. The minimum atomic E-state index is 0.0867. The standard InChI is InChI=1S/C22H19N3O/c23-16-18(17-24)6-7-20(10-11-25-12-14-26-15-13-25)22-9-8-19-4-2-1-3-5-21(19)22/h1-11H,12-15H2/b11-10+,20-7+. The largest absolute Gasteiger partial charge is 0.378 e. The van der Waals surface area contributed by atoms with Gasteiger partial charge in [0.25, 0.3) is 0 Å². The molecule has 2 aliphatic carbocycles. The molecule has 0 spiro atoms. The minimum Gasteiger partial charge on any atom is -0.378 e. The number of morpholine rings is 1. The third-order valence-corrected chi connectivity index (χ3v) is 4.28. The lowest BCUT2D eigenvalue weighted by Gasteiger charge is -2.25. The zero-order valence-electron chi connectivity index (χ0n) is 14.4. The molecule has 3 aliphatic rings. The third kappa shape index (κ3) is 4.19. The van der Waals surface area contributed by atoms with Crippen molar-refractivity contribution >= 4 is 5.57 Å². The molecule has 0 aromatic heterocycles. The maximum Gasteiger partial charge on any atom is 0.129 e. The Kier molecular flexibility index (Phi) is 5.83. The Bertz CT molecular complexity index is 890. The summed E-state index contributed by atoms with van der Waals surface area (Å²) in [5.41, 5.74) is 4.41. The molecule has 1 saturated heterocycles. The van der Waals surface area contributed by atoms with Crippen molar-refractivity contribution in [2.75, 3.05) is 26.3 Å². The van der Waals surface area contributed by atoms with E-state index >= 15 is 0 Å². The van der Waals surface area contributed by atoms with Gasteiger partial charge in [-0.1, -0.05) is 48.5 Å². The van der Waals surface area contributed by atoms with Crippen LogP contribution in [0, 0.1) is 22.7 Å². The highest BCUT2D eigenvalue weighted by Gasteiger charge is 2.11. The SMILES string of the molecule is N#CC(C#N)=C/C=C(\C=C\N1CCOCC1)c1ccc2cccccc1-2. The lowest BCUT2D eigenvalue weighted by molar-refractivity contribution is 0.0594. The molecule has 0 atom stereocenters. The number of hydrogen-bond donors (Lipinski definition) is 0. The van der Waals surface area contributed by atoms with Crippen LogP contribution in [0.1, 0.15) is 5.56 Å².